The maximum atomic E-state index is 13.3. The first kappa shape index (κ1) is 22.2. The number of carbonyl (C=O) groups is 2. The third-order valence-corrected chi connectivity index (χ3v) is 6.34. The summed E-state index contributed by atoms with van der Waals surface area (Å²) in [5.74, 6) is 1.21. The fourth-order valence-corrected chi connectivity index (χ4v) is 4.69. The van der Waals surface area contributed by atoms with Crippen molar-refractivity contribution in [3.05, 3.63) is 58.6 Å². The highest BCUT2D eigenvalue weighted by Gasteiger charge is 2.47. The van der Waals surface area contributed by atoms with Gasteiger partial charge in [-0.15, -0.1) is 0 Å². The highest BCUT2D eigenvalue weighted by molar-refractivity contribution is 6.31. The van der Waals surface area contributed by atoms with Crippen molar-refractivity contribution in [3.8, 4) is 11.5 Å². The molecule has 1 unspecified atom stereocenters. The minimum absolute atomic E-state index is 0.0525. The molecule has 2 aromatic rings. The van der Waals surface area contributed by atoms with Gasteiger partial charge in [0, 0.05) is 30.5 Å². The molecule has 1 aliphatic rings. The Labute approximate surface area is 182 Å². The zero-order valence-electron chi connectivity index (χ0n) is 17.7. The molecule has 5 nitrogen and oxygen atoms in total. The number of ketones is 1. The van der Waals surface area contributed by atoms with Crippen LogP contribution in [0.4, 0.5) is 0 Å². The Morgan fingerprint density at radius 3 is 2.53 bits per heavy atom. The first-order valence-corrected chi connectivity index (χ1v) is 10.6. The number of likely N-dealkylation sites (N-methyl/N-ethyl adjacent to an activating group) is 1. The number of hydrogen-bond acceptors (Lipinski definition) is 4. The lowest BCUT2D eigenvalue weighted by atomic mass is 9.74. The first-order valence-electron chi connectivity index (χ1n) is 10.2. The molecule has 160 valence electrons. The van der Waals surface area contributed by atoms with Gasteiger partial charge in [0.2, 0.25) is 5.91 Å². The van der Waals surface area contributed by atoms with Crippen molar-refractivity contribution < 1.29 is 19.1 Å². The van der Waals surface area contributed by atoms with Gasteiger partial charge in [-0.25, -0.2) is 0 Å². The van der Waals surface area contributed by atoms with Crippen molar-refractivity contribution in [3.63, 3.8) is 0 Å². The van der Waals surface area contributed by atoms with Gasteiger partial charge in [0.25, 0.3) is 0 Å². The van der Waals surface area contributed by atoms with E-state index in [1.807, 2.05) is 36.4 Å². The van der Waals surface area contributed by atoms with Gasteiger partial charge in [0.05, 0.1) is 14.2 Å². The van der Waals surface area contributed by atoms with E-state index in [1.165, 1.54) is 0 Å². The van der Waals surface area contributed by atoms with Crippen LogP contribution in [0.3, 0.4) is 0 Å². The highest BCUT2D eigenvalue weighted by atomic mass is 35.5. The molecule has 0 spiro atoms. The van der Waals surface area contributed by atoms with Gasteiger partial charge in [-0.05, 0) is 43.4 Å². The van der Waals surface area contributed by atoms with Crippen molar-refractivity contribution in [1.82, 2.24) is 4.90 Å². The van der Waals surface area contributed by atoms with Crippen LogP contribution in [-0.4, -0.2) is 37.9 Å². The fourth-order valence-electron chi connectivity index (χ4n) is 4.40. The molecule has 1 atom stereocenters. The fraction of sp³-hybridized carbons (Fsp3) is 0.417. The number of aryl methyl sites for hydroxylation is 1. The molecule has 30 heavy (non-hydrogen) atoms. The standard InChI is InChI=1S/C24H28ClNO4/c1-26(22(28)15-14-17-9-8-12-20(29-2)23(17)30-3)24(16-7-6-13-21(24)27)18-10-4-5-11-19(18)25/h4-5,8-12H,6-7,13-16H2,1-3H3. The zero-order chi connectivity index (χ0) is 21.7. The second kappa shape index (κ2) is 9.52. The van der Waals surface area contributed by atoms with E-state index in [-0.39, 0.29) is 18.1 Å². The summed E-state index contributed by atoms with van der Waals surface area (Å²) < 4.78 is 10.8. The normalized spacial score (nSPS) is 18.7. The third-order valence-electron chi connectivity index (χ3n) is 6.01. The number of carbonyl (C=O) groups excluding carboxylic acids is 2. The molecule has 0 saturated heterocycles. The molecule has 0 heterocycles. The molecule has 0 N–H and O–H groups in total. The smallest absolute Gasteiger partial charge is 0.223 e. The van der Waals surface area contributed by atoms with Crippen LogP contribution in [0.1, 0.15) is 43.2 Å². The predicted octanol–water partition coefficient (Wildman–Crippen LogP) is 4.79. The molecule has 0 aliphatic heterocycles. The van der Waals surface area contributed by atoms with Crippen LogP contribution in [0.5, 0.6) is 11.5 Å². The number of methoxy groups -OCH3 is 2. The number of Topliss-reactive ketones (excluding diaryl/α,β-unsaturated/α-hetero) is 1. The summed E-state index contributed by atoms with van der Waals surface area (Å²) in [5.41, 5.74) is 0.595. The van der Waals surface area contributed by atoms with Crippen LogP contribution in [0.2, 0.25) is 5.02 Å². The van der Waals surface area contributed by atoms with Crippen molar-refractivity contribution >= 4 is 23.3 Å². The van der Waals surface area contributed by atoms with E-state index < -0.39 is 5.54 Å². The van der Waals surface area contributed by atoms with Crippen LogP contribution in [0.15, 0.2) is 42.5 Å². The first-order chi connectivity index (χ1) is 14.5. The van der Waals surface area contributed by atoms with Crippen LogP contribution < -0.4 is 9.47 Å². The van der Waals surface area contributed by atoms with Crippen LogP contribution in [0.25, 0.3) is 0 Å². The summed E-state index contributed by atoms with van der Waals surface area (Å²) in [6, 6.07) is 13.0. The van der Waals surface area contributed by atoms with E-state index in [1.54, 1.807) is 32.2 Å². The second-order valence-electron chi connectivity index (χ2n) is 7.58. The van der Waals surface area contributed by atoms with Crippen molar-refractivity contribution in [2.45, 2.75) is 44.1 Å². The van der Waals surface area contributed by atoms with Crippen molar-refractivity contribution in [2.24, 2.45) is 0 Å². The van der Waals surface area contributed by atoms with Crippen molar-refractivity contribution in [1.29, 1.82) is 0 Å². The Kier molecular flexibility index (Phi) is 7.03. The maximum absolute atomic E-state index is 13.3. The lowest BCUT2D eigenvalue weighted by Gasteiger charge is -2.44. The SMILES string of the molecule is COc1cccc(CCC(=O)N(C)C2(c3ccccc3Cl)CCCCC2=O)c1OC. The van der Waals surface area contributed by atoms with E-state index in [9.17, 15) is 9.59 Å². The Morgan fingerprint density at radius 2 is 1.87 bits per heavy atom. The Hall–Kier alpha value is -2.53. The second-order valence-corrected chi connectivity index (χ2v) is 7.98. The number of hydrogen-bond donors (Lipinski definition) is 0. The van der Waals surface area contributed by atoms with Crippen LogP contribution in [-0.2, 0) is 21.5 Å². The number of rotatable bonds is 7. The zero-order valence-corrected chi connectivity index (χ0v) is 18.5. The number of ether oxygens (including phenoxy) is 2. The molecule has 3 rings (SSSR count). The third kappa shape index (κ3) is 4.04. The van der Waals surface area contributed by atoms with Gasteiger partial charge in [0.15, 0.2) is 17.3 Å². The number of para-hydroxylation sites is 1. The molecule has 0 aromatic heterocycles. The number of amides is 1. The Bertz CT molecular complexity index is 929. The largest absolute Gasteiger partial charge is 0.493 e. The summed E-state index contributed by atoms with van der Waals surface area (Å²) in [6.07, 6.45) is 3.48. The lowest BCUT2D eigenvalue weighted by Crippen LogP contribution is -2.54. The molecule has 6 heteroatoms. The van der Waals surface area contributed by atoms with Crippen LogP contribution >= 0.6 is 11.6 Å². The summed E-state index contributed by atoms with van der Waals surface area (Å²) in [4.78, 5) is 28.1. The summed E-state index contributed by atoms with van der Waals surface area (Å²) >= 11 is 6.49. The molecule has 1 saturated carbocycles. The van der Waals surface area contributed by atoms with E-state index >= 15 is 0 Å². The van der Waals surface area contributed by atoms with Crippen molar-refractivity contribution in [2.75, 3.05) is 21.3 Å². The average Bonchev–Trinajstić information content (AvgIpc) is 2.77. The molecule has 1 fully saturated rings. The average molecular weight is 430 g/mol. The lowest BCUT2D eigenvalue weighted by molar-refractivity contribution is -0.148. The van der Waals surface area contributed by atoms with Gasteiger partial charge < -0.3 is 14.4 Å². The van der Waals surface area contributed by atoms with E-state index in [4.69, 9.17) is 21.1 Å². The maximum Gasteiger partial charge on any atom is 0.223 e. The number of nitrogens with zero attached hydrogens (tertiary/aromatic N) is 1. The monoisotopic (exact) mass is 429 g/mol. The van der Waals surface area contributed by atoms with Gasteiger partial charge in [-0.1, -0.05) is 41.9 Å². The Morgan fingerprint density at radius 1 is 1.10 bits per heavy atom. The van der Waals surface area contributed by atoms with E-state index in [2.05, 4.69) is 0 Å². The van der Waals surface area contributed by atoms with Gasteiger partial charge in [-0.2, -0.15) is 0 Å². The topological polar surface area (TPSA) is 55.8 Å². The van der Waals surface area contributed by atoms with Crippen LogP contribution in [0, 0.1) is 0 Å². The summed E-state index contributed by atoms with van der Waals surface area (Å²) in [7, 11) is 4.89. The predicted molar refractivity (Wildman–Crippen MR) is 117 cm³/mol. The molecule has 2 aromatic carbocycles. The molecule has 0 bridgehead atoms. The molecular weight excluding hydrogens is 402 g/mol. The van der Waals surface area contributed by atoms with E-state index in [0.717, 1.165) is 18.4 Å². The summed E-state index contributed by atoms with van der Waals surface area (Å²) in [6.45, 7) is 0. The molecular formula is C24H28ClNO4. The van der Waals surface area contributed by atoms with Gasteiger partial charge in [0.1, 0.15) is 5.54 Å². The molecule has 1 amide bonds. The molecule has 1 aliphatic carbocycles. The highest BCUT2D eigenvalue weighted by Crippen LogP contribution is 2.42. The van der Waals surface area contributed by atoms with Gasteiger partial charge in [-0.3, -0.25) is 9.59 Å². The Balaban J connectivity index is 1.88. The quantitative estimate of drug-likeness (QED) is 0.635. The summed E-state index contributed by atoms with van der Waals surface area (Å²) in [5, 5.41) is 0.516. The van der Waals surface area contributed by atoms with E-state index in [0.29, 0.717) is 41.3 Å². The number of benzene rings is 2. The minimum Gasteiger partial charge on any atom is -0.493 e. The number of halogens is 1. The molecule has 0 radical (unpaired) electrons. The minimum atomic E-state index is -1.01. The van der Waals surface area contributed by atoms with Gasteiger partial charge >= 0.3 is 0 Å².